The van der Waals surface area contributed by atoms with Gasteiger partial charge in [-0.3, -0.25) is 9.59 Å². The molecule has 0 aliphatic carbocycles. The fourth-order valence-corrected chi connectivity index (χ4v) is 1.67. The minimum absolute atomic E-state index is 0.0965. The smallest absolute Gasteiger partial charge is 0.246 e. The van der Waals surface area contributed by atoms with Gasteiger partial charge in [-0.25, -0.2) is 0 Å². The minimum atomic E-state index is -0.362. The summed E-state index contributed by atoms with van der Waals surface area (Å²) in [5, 5.41) is 5.78. The van der Waals surface area contributed by atoms with Gasteiger partial charge in [-0.15, -0.1) is 0 Å². The van der Waals surface area contributed by atoms with Crippen LogP contribution in [0.1, 0.15) is 5.56 Å². The van der Waals surface area contributed by atoms with Gasteiger partial charge >= 0.3 is 0 Å². The van der Waals surface area contributed by atoms with Crippen molar-refractivity contribution in [3.8, 4) is 0 Å². The van der Waals surface area contributed by atoms with Crippen molar-refractivity contribution in [2.75, 3.05) is 11.9 Å². The van der Waals surface area contributed by atoms with E-state index < -0.39 is 0 Å². The number of nitrogens with two attached hydrogens (primary N) is 1. The summed E-state index contributed by atoms with van der Waals surface area (Å²) in [6.07, 6.45) is 1.73. The highest BCUT2D eigenvalue weighted by Gasteiger charge is 2.10. The van der Waals surface area contributed by atoms with E-state index in [1.54, 1.807) is 0 Å². The maximum Gasteiger partial charge on any atom is 0.246 e. The summed E-state index contributed by atoms with van der Waals surface area (Å²) in [4.78, 5) is 21.8. The lowest BCUT2D eigenvalue weighted by Crippen LogP contribution is -2.16. The standard InChI is InChI=1S/C12H13N3O2/c13-11(16)5-8-2-1-3-9(4-8)15-10-6-12(17)14-7-10/h1-4,6,15H,5,7H2,(H2,13,16)(H,14,17). The van der Waals surface area contributed by atoms with Crippen molar-refractivity contribution < 1.29 is 9.59 Å². The van der Waals surface area contributed by atoms with Crippen LogP contribution < -0.4 is 16.4 Å². The monoisotopic (exact) mass is 231 g/mol. The molecule has 17 heavy (non-hydrogen) atoms. The van der Waals surface area contributed by atoms with Crippen molar-refractivity contribution in [1.82, 2.24) is 5.32 Å². The van der Waals surface area contributed by atoms with Crippen molar-refractivity contribution in [3.63, 3.8) is 0 Å². The zero-order valence-corrected chi connectivity index (χ0v) is 9.19. The number of hydrogen-bond donors (Lipinski definition) is 3. The number of amides is 2. The first-order chi connectivity index (χ1) is 8.13. The molecule has 0 atom stereocenters. The Morgan fingerprint density at radius 2 is 2.29 bits per heavy atom. The summed E-state index contributed by atoms with van der Waals surface area (Å²) >= 11 is 0. The average Bonchev–Trinajstić information content (AvgIpc) is 2.63. The molecule has 1 heterocycles. The molecule has 1 aromatic rings. The molecule has 5 heteroatoms. The molecule has 1 aromatic carbocycles. The molecule has 1 aliphatic heterocycles. The van der Waals surface area contributed by atoms with Gasteiger partial charge in [0.25, 0.3) is 0 Å². The Kier molecular flexibility index (Phi) is 3.09. The van der Waals surface area contributed by atoms with Crippen molar-refractivity contribution in [2.24, 2.45) is 5.73 Å². The summed E-state index contributed by atoms with van der Waals surface area (Å²) in [5.74, 6) is -0.458. The van der Waals surface area contributed by atoms with E-state index in [0.717, 1.165) is 16.9 Å². The molecule has 5 nitrogen and oxygen atoms in total. The van der Waals surface area contributed by atoms with Gasteiger partial charge in [-0.1, -0.05) is 12.1 Å². The zero-order chi connectivity index (χ0) is 12.3. The van der Waals surface area contributed by atoms with E-state index in [-0.39, 0.29) is 18.2 Å². The topological polar surface area (TPSA) is 84.2 Å². The largest absolute Gasteiger partial charge is 0.369 e. The van der Waals surface area contributed by atoms with Crippen molar-refractivity contribution in [3.05, 3.63) is 41.6 Å². The molecule has 1 aliphatic rings. The minimum Gasteiger partial charge on any atom is -0.369 e. The second-order valence-corrected chi connectivity index (χ2v) is 3.86. The Labute approximate surface area is 98.7 Å². The predicted octanol–water partition coefficient (Wildman–Crippen LogP) is 0.140. The van der Waals surface area contributed by atoms with Gasteiger partial charge in [0.05, 0.1) is 13.0 Å². The molecule has 0 saturated carbocycles. The quantitative estimate of drug-likeness (QED) is 0.689. The first-order valence-electron chi connectivity index (χ1n) is 5.26. The van der Waals surface area contributed by atoms with Crippen molar-refractivity contribution in [1.29, 1.82) is 0 Å². The highest BCUT2D eigenvalue weighted by molar-refractivity contribution is 5.91. The molecule has 0 fully saturated rings. The first-order valence-corrected chi connectivity index (χ1v) is 5.26. The third kappa shape index (κ3) is 3.07. The van der Waals surface area contributed by atoms with Crippen LogP contribution in [0.4, 0.5) is 5.69 Å². The fourth-order valence-electron chi connectivity index (χ4n) is 1.67. The highest BCUT2D eigenvalue weighted by atomic mass is 16.2. The van der Waals surface area contributed by atoms with Crippen LogP contribution in [0.5, 0.6) is 0 Å². The first kappa shape index (κ1) is 11.2. The SMILES string of the molecule is NC(=O)Cc1cccc(NC2=CC(=O)NC2)c1. The summed E-state index contributed by atoms with van der Waals surface area (Å²) in [5.41, 5.74) is 7.63. The molecule has 0 saturated heterocycles. The number of primary amides is 1. The van der Waals surface area contributed by atoms with Gasteiger partial charge in [0.15, 0.2) is 0 Å². The normalized spacial score (nSPS) is 14.1. The molecule has 2 amide bonds. The molecule has 88 valence electrons. The molecule has 0 bridgehead atoms. The molecule has 2 rings (SSSR count). The van der Waals surface area contributed by atoms with Crippen LogP contribution in [-0.4, -0.2) is 18.4 Å². The second-order valence-electron chi connectivity index (χ2n) is 3.86. The lowest BCUT2D eigenvalue weighted by atomic mass is 10.1. The van der Waals surface area contributed by atoms with Gasteiger partial charge in [0.2, 0.25) is 11.8 Å². The van der Waals surface area contributed by atoms with E-state index in [1.807, 2.05) is 24.3 Å². The second kappa shape index (κ2) is 4.69. The molecule has 0 unspecified atom stereocenters. The molecular weight excluding hydrogens is 218 g/mol. The summed E-state index contributed by atoms with van der Waals surface area (Å²) < 4.78 is 0. The summed E-state index contributed by atoms with van der Waals surface area (Å²) in [6, 6.07) is 7.39. The van der Waals surface area contributed by atoms with Crippen LogP contribution >= 0.6 is 0 Å². The van der Waals surface area contributed by atoms with Gasteiger partial charge in [-0.2, -0.15) is 0 Å². The molecule has 0 spiro atoms. The fraction of sp³-hybridized carbons (Fsp3) is 0.167. The van der Waals surface area contributed by atoms with Crippen molar-refractivity contribution in [2.45, 2.75) is 6.42 Å². The van der Waals surface area contributed by atoms with Gasteiger partial charge in [0, 0.05) is 17.5 Å². The van der Waals surface area contributed by atoms with Crippen LogP contribution in [0, 0.1) is 0 Å². The third-order valence-corrected chi connectivity index (χ3v) is 2.37. The van der Waals surface area contributed by atoms with E-state index in [9.17, 15) is 9.59 Å². The Morgan fingerprint density at radius 1 is 1.47 bits per heavy atom. The maximum atomic E-state index is 11.0. The van der Waals surface area contributed by atoms with Crippen LogP contribution in [0.25, 0.3) is 0 Å². The molecule has 4 N–H and O–H groups in total. The lowest BCUT2D eigenvalue weighted by molar-refractivity contribution is -0.117. The van der Waals surface area contributed by atoms with Crippen molar-refractivity contribution >= 4 is 17.5 Å². The molecule has 0 radical (unpaired) electrons. The van der Waals surface area contributed by atoms with E-state index in [4.69, 9.17) is 5.73 Å². The van der Waals surface area contributed by atoms with Gasteiger partial charge in [-0.05, 0) is 17.7 Å². The number of hydrogen-bond acceptors (Lipinski definition) is 3. The van der Waals surface area contributed by atoms with Gasteiger partial charge in [0.1, 0.15) is 0 Å². The van der Waals surface area contributed by atoms with Crippen LogP contribution in [0.15, 0.2) is 36.0 Å². The van der Waals surface area contributed by atoms with Crippen LogP contribution in [-0.2, 0) is 16.0 Å². The Bertz CT molecular complexity index is 494. The maximum absolute atomic E-state index is 11.0. The predicted molar refractivity (Wildman–Crippen MR) is 64.1 cm³/mol. The van der Waals surface area contributed by atoms with Crippen LogP contribution in [0.2, 0.25) is 0 Å². The number of benzene rings is 1. The van der Waals surface area contributed by atoms with Crippen LogP contribution in [0.3, 0.4) is 0 Å². The zero-order valence-electron chi connectivity index (χ0n) is 9.19. The Hall–Kier alpha value is -2.30. The summed E-state index contributed by atoms with van der Waals surface area (Å²) in [6.45, 7) is 0.499. The Balaban J connectivity index is 2.08. The lowest BCUT2D eigenvalue weighted by Gasteiger charge is -2.07. The Morgan fingerprint density at radius 3 is 2.94 bits per heavy atom. The molecule has 0 aromatic heterocycles. The third-order valence-electron chi connectivity index (χ3n) is 2.37. The number of rotatable bonds is 4. The number of nitrogens with one attached hydrogen (secondary N) is 2. The number of carbonyl (C=O) groups excluding carboxylic acids is 2. The highest BCUT2D eigenvalue weighted by Crippen LogP contribution is 2.14. The van der Waals surface area contributed by atoms with E-state index in [0.29, 0.717) is 6.54 Å². The molecular formula is C12H13N3O2. The number of anilines is 1. The van der Waals surface area contributed by atoms with E-state index in [1.165, 1.54) is 6.08 Å². The average molecular weight is 231 g/mol. The van der Waals surface area contributed by atoms with E-state index in [2.05, 4.69) is 10.6 Å². The number of carbonyl (C=O) groups is 2. The summed E-state index contributed by atoms with van der Waals surface area (Å²) in [7, 11) is 0. The van der Waals surface area contributed by atoms with Gasteiger partial charge < -0.3 is 16.4 Å². The van der Waals surface area contributed by atoms with E-state index >= 15 is 0 Å².